The van der Waals surface area contributed by atoms with Crippen LogP contribution in [0.4, 0.5) is 18.9 Å². The highest BCUT2D eigenvalue weighted by Crippen LogP contribution is 2.21. The molecule has 0 fully saturated rings. The van der Waals surface area contributed by atoms with Crippen molar-refractivity contribution >= 4 is 11.5 Å². The molecular weight excluding hydrogens is 209 g/mol. The second-order valence-electron chi connectivity index (χ2n) is 3.12. The van der Waals surface area contributed by atoms with E-state index in [2.05, 4.69) is 4.98 Å². The largest absolute Gasteiger partial charge is 0.456 e. The van der Waals surface area contributed by atoms with Crippen molar-refractivity contribution in [1.29, 1.82) is 0 Å². The Morgan fingerprint density at radius 2 is 1.93 bits per heavy atom. The molecule has 6 heteroatoms. The van der Waals surface area contributed by atoms with Crippen LogP contribution in [0.3, 0.4) is 0 Å². The summed E-state index contributed by atoms with van der Waals surface area (Å²) in [6.07, 6.45) is -3.65. The lowest BCUT2D eigenvalue weighted by molar-refractivity contribution is -0.0888. The van der Waals surface area contributed by atoms with E-state index in [1.165, 1.54) is 12.3 Å². The fourth-order valence-corrected chi connectivity index (χ4v) is 0.930. The maximum absolute atomic E-state index is 12.0. The highest BCUT2D eigenvalue weighted by atomic mass is 19.4. The Kier molecular flexibility index (Phi) is 2.97. The van der Waals surface area contributed by atoms with Crippen LogP contribution in [0.5, 0.6) is 0 Å². The van der Waals surface area contributed by atoms with Crippen LogP contribution in [-0.2, 0) is 0 Å². The van der Waals surface area contributed by atoms with E-state index in [0.717, 1.165) is 6.07 Å². The summed E-state index contributed by atoms with van der Waals surface area (Å²) < 4.78 is 36.0. The average molecular weight is 218 g/mol. The van der Waals surface area contributed by atoms with Crippen molar-refractivity contribution < 1.29 is 18.0 Å². The molecule has 0 saturated heterocycles. The fraction of sp³-hybridized carbons (Fsp3) is 0.333. The molecule has 0 amide bonds. The van der Waals surface area contributed by atoms with Crippen molar-refractivity contribution in [2.75, 3.05) is 19.0 Å². The molecule has 0 saturated carbocycles. The Bertz CT molecular complexity index is 357. The molecule has 0 radical (unpaired) electrons. The first-order valence-corrected chi connectivity index (χ1v) is 4.07. The zero-order valence-electron chi connectivity index (χ0n) is 8.17. The number of ketones is 1. The summed E-state index contributed by atoms with van der Waals surface area (Å²) in [5.41, 5.74) is 0.0434. The maximum atomic E-state index is 12.0. The molecule has 0 unspecified atom stereocenters. The van der Waals surface area contributed by atoms with Gasteiger partial charge in [0.15, 0.2) is 0 Å². The smallest absolute Gasteiger partial charge is 0.376 e. The average Bonchev–Trinajstić information content (AvgIpc) is 2.15. The van der Waals surface area contributed by atoms with E-state index >= 15 is 0 Å². The zero-order valence-corrected chi connectivity index (χ0v) is 8.17. The van der Waals surface area contributed by atoms with Gasteiger partial charge in [-0.25, -0.2) is 0 Å². The molecule has 82 valence electrons. The zero-order chi connectivity index (χ0) is 11.6. The van der Waals surface area contributed by atoms with Crippen LogP contribution < -0.4 is 4.90 Å². The van der Waals surface area contributed by atoms with Gasteiger partial charge in [0.2, 0.25) is 0 Å². The van der Waals surface area contributed by atoms with Crippen molar-refractivity contribution in [1.82, 2.24) is 4.98 Å². The minimum atomic E-state index is -4.87. The van der Waals surface area contributed by atoms with Gasteiger partial charge < -0.3 is 4.90 Å². The Morgan fingerprint density at radius 3 is 2.27 bits per heavy atom. The number of aromatic nitrogens is 1. The molecule has 15 heavy (non-hydrogen) atoms. The Balaban J connectivity index is 2.95. The third-order valence-electron chi connectivity index (χ3n) is 1.75. The van der Waals surface area contributed by atoms with Gasteiger partial charge in [-0.3, -0.25) is 9.78 Å². The maximum Gasteiger partial charge on any atom is 0.456 e. The number of halogens is 3. The van der Waals surface area contributed by atoms with Crippen LogP contribution in [0.2, 0.25) is 0 Å². The van der Waals surface area contributed by atoms with Gasteiger partial charge in [-0.2, -0.15) is 13.2 Å². The predicted octanol–water partition coefficient (Wildman–Crippen LogP) is 1.89. The lowest BCUT2D eigenvalue weighted by atomic mass is 10.2. The van der Waals surface area contributed by atoms with Crippen molar-refractivity contribution in [3.05, 3.63) is 24.0 Å². The second-order valence-corrected chi connectivity index (χ2v) is 3.12. The van der Waals surface area contributed by atoms with Crippen LogP contribution >= 0.6 is 0 Å². The van der Waals surface area contributed by atoms with Crippen molar-refractivity contribution in [3.63, 3.8) is 0 Å². The summed E-state index contributed by atoms with van der Waals surface area (Å²) in [4.78, 5) is 15.9. The first-order valence-electron chi connectivity index (χ1n) is 4.07. The quantitative estimate of drug-likeness (QED) is 0.711. The third-order valence-corrected chi connectivity index (χ3v) is 1.75. The molecule has 0 spiro atoms. The number of nitrogens with zero attached hydrogens (tertiary/aromatic N) is 2. The van der Waals surface area contributed by atoms with Crippen LogP contribution in [0.15, 0.2) is 18.3 Å². The molecule has 1 aromatic rings. The number of anilines is 1. The molecule has 0 aliphatic rings. The molecule has 0 N–H and O–H groups in total. The molecule has 0 aliphatic heterocycles. The number of alkyl halides is 3. The Labute approximate surface area is 84.5 Å². The van der Waals surface area contributed by atoms with E-state index in [4.69, 9.17) is 0 Å². The summed E-state index contributed by atoms with van der Waals surface area (Å²) in [5, 5.41) is 0. The SMILES string of the molecule is CN(C)c1ccc(C(=O)C(F)(F)F)nc1. The number of carbonyl (C=O) groups excluding carboxylic acids is 1. The molecule has 0 bridgehead atoms. The monoisotopic (exact) mass is 218 g/mol. The number of pyridine rings is 1. The Morgan fingerprint density at radius 1 is 1.33 bits per heavy atom. The number of Topliss-reactive ketones (excluding diaryl/α,β-unsaturated/α-hetero) is 1. The van der Waals surface area contributed by atoms with Gasteiger partial charge in [0.05, 0.1) is 11.9 Å². The molecule has 0 aromatic carbocycles. The van der Waals surface area contributed by atoms with Crippen molar-refractivity contribution in [2.45, 2.75) is 6.18 Å². The first kappa shape index (κ1) is 11.5. The van der Waals surface area contributed by atoms with E-state index < -0.39 is 17.7 Å². The lowest BCUT2D eigenvalue weighted by Gasteiger charge is -2.11. The minimum Gasteiger partial charge on any atom is -0.376 e. The normalized spacial score (nSPS) is 11.3. The molecule has 3 nitrogen and oxygen atoms in total. The summed E-state index contributed by atoms with van der Waals surface area (Å²) in [6, 6.07) is 2.47. The minimum absolute atomic E-state index is 0.590. The van der Waals surface area contributed by atoms with Gasteiger partial charge in [0, 0.05) is 14.1 Å². The van der Waals surface area contributed by atoms with Gasteiger partial charge in [-0.1, -0.05) is 0 Å². The van der Waals surface area contributed by atoms with E-state index in [1.54, 1.807) is 19.0 Å². The molecule has 0 aliphatic carbocycles. The van der Waals surface area contributed by atoms with Crippen molar-refractivity contribution in [2.24, 2.45) is 0 Å². The van der Waals surface area contributed by atoms with Gasteiger partial charge in [-0.15, -0.1) is 0 Å². The highest BCUT2D eigenvalue weighted by molar-refractivity contribution is 5.98. The van der Waals surface area contributed by atoms with Gasteiger partial charge in [0.1, 0.15) is 5.69 Å². The first-order chi connectivity index (χ1) is 6.82. The topological polar surface area (TPSA) is 33.2 Å². The summed E-state index contributed by atoms with van der Waals surface area (Å²) in [7, 11) is 3.45. The van der Waals surface area contributed by atoms with Gasteiger partial charge >= 0.3 is 6.18 Å². The van der Waals surface area contributed by atoms with Crippen LogP contribution in [0.1, 0.15) is 10.5 Å². The Hall–Kier alpha value is -1.59. The standard InChI is InChI=1S/C9H9F3N2O/c1-14(2)6-3-4-7(13-5-6)8(15)9(10,11)12/h3-5H,1-2H3. The van der Waals surface area contributed by atoms with Gasteiger partial charge in [-0.05, 0) is 12.1 Å². The number of hydrogen-bond donors (Lipinski definition) is 0. The molecule has 1 heterocycles. The van der Waals surface area contributed by atoms with E-state index in [0.29, 0.717) is 5.69 Å². The summed E-state index contributed by atoms with van der Waals surface area (Å²) in [6.45, 7) is 0. The van der Waals surface area contributed by atoms with E-state index in [1.807, 2.05) is 0 Å². The molecule has 1 aromatic heterocycles. The van der Waals surface area contributed by atoms with Crippen LogP contribution in [-0.4, -0.2) is 31.0 Å². The van der Waals surface area contributed by atoms with Crippen LogP contribution in [0, 0.1) is 0 Å². The third kappa shape index (κ3) is 2.68. The summed E-state index contributed by atoms with van der Waals surface area (Å²) in [5.74, 6) is -1.92. The number of rotatable bonds is 2. The van der Waals surface area contributed by atoms with E-state index in [9.17, 15) is 18.0 Å². The number of carbonyl (C=O) groups is 1. The number of hydrogen-bond acceptors (Lipinski definition) is 3. The van der Waals surface area contributed by atoms with Crippen LogP contribution in [0.25, 0.3) is 0 Å². The summed E-state index contributed by atoms with van der Waals surface area (Å²) >= 11 is 0. The fourth-order valence-electron chi connectivity index (χ4n) is 0.930. The van der Waals surface area contributed by atoms with E-state index in [-0.39, 0.29) is 0 Å². The molecule has 0 atom stereocenters. The molecular formula is C9H9F3N2O. The lowest BCUT2D eigenvalue weighted by Crippen LogP contribution is -2.23. The van der Waals surface area contributed by atoms with Crippen molar-refractivity contribution in [3.8, 4) is 0 Å². The highest BCUT2D eigenvalue weighted by Gasteiger charge is 2.40. The van der Waals surface area contributed by atoms with Gasteiger partial charge in [0.25, 0.3) is 5.78 Å². The predicted molar refractivity (Wildman–Crippen MR) is 48.9 cm³/mol. The second kappa shape index (κ2) is 3.88. The molecule has 1 rings (SSSR count).